The Bertz CT molecular complexity index is 686. The first-order valence-corrected chi connectivity index (χ1v) is 7.72. The van der Waals surface area contributed by atoms with Gasteiger partial charge in [-0.3, -0.25) is 0 Å². The Morgan fingerprint density at radius 1 is 1.00 bits per heavy atom. The lowest BCUT2D eigenvalue weighted by molar-refractivity contribution is -0.276. The van der Waals surface area contributed by atoms with Crippen LogP contribution in [-0.2, 0) is 19.9 Å². The third-order valence-electron chi connectivity index (χ3n) is 4.01. The maximum Gasteiger partial charge on any atom is 0.432 e. The molecule has 0 unspecified atom stereocenters. The predicted octanol–water partition coefficient (Wildman–Crippen LogP) is 4.44. The van der Waals surface area contributed by atoms with Crippen molar-refractivity contribution >= 4 is 5.97 Å². The zero-order valence-electron chi connectivity index (χ0n) is 13.9. The second-order valence-corrected chi connectivity index (χ2v) is 5.66. The highest BCUT2D eigenvalue weighted by atomic mass is 19.4. The fourth-order valence-electron chi connectivity index (χ4n) is 2.57. The molecule has 2 atom stereocenters. The Hall–Kier alpha value is -2.34. The number of hydrogen-bond donors (Lipinski definition) is 0. The van der Waals surface area contributed by atoms with Crippen molar-refractivity contribution in [2.45, 2.75) is 24.6 Å². The van der Waals surface area contributed by atoms with Gasteiger partial charge in [0.05, 0.1) is 6.61 Å². The minimum atomic E-state index is -4.96. The van der Waals surface area contributed by atoms with E-state index < -0.39 is 17.7 Å². The summed E-state index contributed by atoms with van der Waals surface area (Å²) >= 11 is 0. The van der Waals surface area contributed by atoms with E-state index in [1.54, 1.807) is 13.0 Å². The van der Waals surface area contributed by atoms with Crippen LogP contribution < -0.4 is 0 Å². The summed E-state index contributed by atoms with van der Waals surface area (Å²) in [4.78, 5) is 12.4. The lowest BCUT2D eigenvalue weighted by atomic mass is 9.92. The first-order valence-electron chi connectivity index (χ1n) is 7.72. The molecule has 134 valence electrons. The number of alkyl halides is 3. The molecule has 0 amide bonds. The average molecular weight is 352 g/mol. The highest BCUT2D eigenvalue weighted by molar-refractivity contribution is 5.82. The highest BCUT2D eigenvalue weighted by Crippen LogP contribution is 2.43. The number of methoxy groups -OCH3 is 1. The van der Waals surface area contributed by atoms with Crippen molar-refractivity contribution in [1.82, 2.24) is 0 Å². The van der Waals surface area contributed by atoms with Gasteiger partial charge in [-0.25, -0.2) is 4.79 Å². The summed E-state index contributed by atoms with van der Waals surface area (Å²) in [5.74, 6) is -1.72. The third-order valence-corrected chi connectivity index (χ3v) is 4.01. The van der Waals surface area contributed by atoms with E-state index >= 15 is 0 Å². The first kappa shape index (κ1) is 19.0. The summed E-state index contributed by atoms with van der Waals surface area (Å²) in [5, 5.41) is 0. The molecule has 0 saturated heterocycles. The summed E-state index contributed by atoms with van der Waals surface area (Å²) in [7, 11) is 0.850. The summed E-state index contributed by atoms with van der Waals surface area (Å²) < 4.78 is 50.9. The van der Waals surface area contributed by atoms with Crippen LogP contribution >= 0.6 is 0 Å². The number of halogens is 3. The minimum Gasteiger partial charge on any atom is -0.462 e. The molecule has 2 rings (SSSR count). The van der Waals surface area contributed by atoms with Crippen molar-refractivity contribution in [2.24, 2.45) is 0 Å². The van der Waals surface area contributed by atoms with Gasteiger partial charge < -0.3 is 9.47 Å². The smallest absolute Gasteiger partial charge is 0.432 e. The SMILES string of the molecule is CO[C@](C(=O)OC[C@@H](C)c1ccccc1)(c1ccccc1)C(F)(F)F. The van der Waals surface area contributed by atoms with Crippen LogP contribution in [0.4, 0.5) is 13.2 Å². The van der Waals surface area contributed by atoms with Crippen LogP contribution in [0.15, 0.2) is 60.7 Å². The number of hydrogen-bond acceptors (Lipinski definition) is 3. The van der Waals surface area contributed by atoms with Gasteiger partial charge in [-0.05, 0) is 5.56 Å². The van der Waals surface area contributed by atoms with Crippen molar-refractivity contribution in [2.75, 3.05) is 13.7 Å². The molecule has 0 aliphatic heterocycles. The minimum absolute atomic E-state index is 0.184. The molecule has 25 heavy (non-hydrogen) atoms. The molecule has 2 aromatic carbocycles. The largest absolute Gasteiger partial charge is 0.462 e. The number of carbonyl (C=O) groups is 1. The van der Waals surface area contributed by atoms with E-state index in [4.69, 9.17) is 4.74 Å². The maximum atomic E-state index is 13.7. The van der Waals surface area contributed by atoms with E-state index in [1.165, 1.54) is 24.3 Å². The quantitative estimate of drug-likeness (QED) is 0.721. The number of carbonyl (C=O) groups excluding carboxylic acids is 1. The van der Waals surface area contributed by atoms with Gasteiger partial charge in [-0.15, -0.1) is 0 Å². The van der Waals surface area contributed by atoms with Gasteiger partial charge in [0.1, 0.15) is 0 Å². The van der Waals surface area contributed by atoms with Crippen LogP contribution in [0.3, 0.4) is 0 Å². The molecule has 0 aromatic heterocycles. The molecular formula is C19H19F3O3. The lowest BCUT2D eigenvalue weighted by Crippen LogP contribution is -2.51. The molecule has 6 heteroatoms. The van der Waals surface area contributed by atoms with Crippen molar-refractivity contribution < 1.29 is 27.4 Å². The molecule has 0 radical (unpaired) electrons. The molecule has 2 aromatic rings. The summed E-state index contributed by atoms with van der Waals surface area (Å²) in [5.41, 5.74) is -2.60. The third kappa shape index (κ3) is 3.85. The molecule has 0 heterocycles. The van der Waals surface area contributed by atoms with Crippen molar-refractivity contribution in [3.8, 4) is 0 Å². The summed E-state index contributed by atoms with van der Waals surface area (Å²) in [6, 6.07) is 15.9. The van der Waals surface area contributed by atoms with Crippen LogP contribution in [-0.4, -0.2) is 25.9 Å². The van der Waals surface area contributed by atoms with Crippen LogP contribution in [0, 0.1) is 0 Å². The zero-order valence-corrected chi connectivity index (χ0v) is 13.9. The summed E-state index contributed by atoms with van der Waals surface area (Å²) in [6.45, 7) is 1.59. The Labute approximate surface area is 144 Å². The van der Waals surface area contributed by atoms with Gasteiger partial charge in [0.25, 0.3) is 5.60 Å². The zero-order chi connectivity index (χ0) is 18.5. The molecule has 0 spiro atoms. The van der Waals surface area contributed by atoms with Gasteiger partial charge in [0.15, 0.2) is 0 Å². The molecule has 3 nitrogen and oxygen atoms in total. The number of ether oxygens (including phenoxy) is 2. The van der Waals surface area contributed by atoms with E-state index in [0.717, 1.165) is 12.7 Å². The Kier molecular flexibility index (Phi) is 5.85. The van der Waals surface area contributed by atoms with Crippen molar-refractivity contribution in [3.63, 3.8) is 0 Å². The normalized spacial score (nSPS) is 15.2. The number of rotatable bonds is 6. The number of benzene rings is 2. The molecule has 0 fully saturated rings. The molecule has 0 bridgehead atoms. The van der Waals surface area contributed by atoms with Crippen molar-refractivity contribution in [3.05, 3.63) is 71.8 Å². The molecule has 0 aliphatic carbocycles. The van der Waals surface area contributed by atoms with E-state index in [2.05, 4.69) is 4.74 Å². The number of esters is 1. The molecule has 0 aliphatic rings. The second-order valence-electron chi connectivity index (χ2n) is 5.66. The molecular weight excluding hydrogens is 333 g/mol. The van der Waals surface area contributed by atoms with Crippen LogP contribution in [0.25, 0.3) is 0 Å². The van der Waals surface area contributed by atoms with Gasteiger partial charge in [0.2, 0.25) is 0 Å². The molecule has 0 saturated carbocycles. The Morgan fingerprint density at radius 3 is 2.00 bits per heavy atom. The van der Waals surface area contributed by atoms with E-state index in [1.807, 2.05) is 30.3 Å². The lowest BCUT2D eigenvalue weighted by Gasteiger charge is -2.32. The monoisotopic (exact) mass is 352 g/mol. The highest BCUT2D eigenvalue weighted by Gasteiger charge is 2.64. The fourth-order valence-corrected chi connectivity index (χ4v) is 2.57. The Balaban J connectivity index is 2.25. The van der Waals surface area contributed by atoms with E-state index in [-0.39, 0.29) is 18.1 Å². The average Bonchev–Trinajstić information content (AvgIpc) is 2.61. The fraction of sp³-hybridized carbons (Fsp3) is 0.316. The Morgan fingerprint density at radius 2 is 1.52 bits per heavy atom. The molecule has 0 N–H and O–H groups in total. The summed E-state index contributed by atoms with van der Waals surface area (Å²) in [6.07, 6.45) is -4.96. The maximum absolute atomic E-state index is 13.7. The van der Waals surface area contributed by atoms with Gasteiger partial charge in [-0.2, -0.15) is 13.2 Å². The van der Waals surface area contributed by atoms with E-state index in [0.29, 0.717) is 0 Å². The topological polar surface area (TPSA) is 35.5 Å². The van der Waals surface area contributed by atoms with Gasteiger partial charge in [-0.1, -0.05) is 67.6 Å². The van der Waals surface area contributed by atoms with Crippen molar-refractivity contribution in [1.29, 1.82) is 0 Å². The van der Waals surface area contributed by atoms with Crippen LogP contribution in [0.2, 0.25) is 0 Å². The first-order chi connectivity index (χ1) is 11.8. The van der Waals surface area contributed by atoms with Crippen LogP contribution in [0.5, 0.6) is 0 Å². The van der Waals surface area contributed by atoms with E-state index in [9.17, 15) is 18.0 Å². The predicted molar refractivity (Wildman–Crippen MR) is 87.0 cm³/mol. The van der Waals surface area contributed by atoms with Crippen LogP contribution in [0.1, 0.15) is 24.0 Å². The van der Waals surface area contributed by atoms with Gasteiger partial charge in [0, 0.05) is 18.6 Å². The standard InChI is InChI=1S/C19H19F3O3/c1-14(15-9-5-3-6-10-15)13-25-17(23)18(24-2,19(20,21)22)16-11-7-4-8-12-16/h3-12,14H,13H2,1-2H3/t14-,18+/m1/s1. The second kappa shape index (κ2) is 7.70. The van der Waals surface area contributed by atoms with Gasteiger partial charge >= 0.3 is 12.1 Å².